The van der Waals surface area contributed by atoms with E-state index in [1.807, 2.05) is 12.1 Å². The number of nitrogens with zero attached hydrogens (tertiary/aromatic N) is 3. The van der Waals surface area contributed by atoms with E-state index >= 15 is 0 Å². The van der Waals surface area contributed by atoms with Crippen LogP contribution in [0.15, 0.2) is 152 Å². The van der Waals surface area contributed by atoms with Crippen molar-refractivity contribution in [3.05, 3.63) is 157 Å². The summed E-state index contributed by atoms with van der Waals surface area (Å²) in [6.45, 7) is 14.4. The van der Waals surface area contributed by atoms with Crippen LogP contribution in [0.2, 0.25) is 39.3 Å². The molecule has 0 radical (unpaired) electrons. The quantitative estimate of drug-likeness (QED) is 0.116. The van der Waals surface area contributed by atoms with Gasteiger partial charge in [-0.05, 0) is 94.3 Å². The summed E-state index contributed by atoms with van der Waals surface area (Å²) in [4.78, 5) is 4.75. The molecule has 0 aliphatic carbocycles. The van der Waals surface area contributed by atoms with Crippen molar-refractivity contribution in [2.45, 2.75) is 39.3 Å². The molecule has 0 saturated heterocycles. The summed E-state index contributed by atoms with van der Waals surface area (Å²) in [6, 6.07) is 57.5. The lowest BCUT2D eigenvalue weighted by molar-refractivity contribution is 1.30. The standard InChI is InChI=1S/C47H43N3Si2/c1-51(2,3)40-24-20-38(21-25-40)49(36-10-8-7-9-11-36)44-30-16-34-15-29-43-45(31-17-35-14-28-42(44)46(34)47(35)43)50(37-18-12-33(32-48)13-19-37)39-22-26-41(27-23-39)52(4,5)6/h7-31H,1-6H3. The van der Waals surface area contributed by atoms with Crippen LogP contribution in [0, 0.1) is 11.3 Å². The second-order valence-corrected chi connectivity index (χ2v) is 26.0. The molecule has 0 aliphatic heterocycles. The van der Waals surface area contributed by atoms with Crippen LogP contribution in [0.3, 0.4) is 0 Å². The number of para-hydroxylation sites is 1. The predicted molar refractivity (Wildman–Crippen MR) is 230 cm³/mol. The van der Waals surface area contributed by atoms with Gasteiger partial charge in [0.25, 0.3) is 0 Å². The summed E-state index contributed by atoms with van der Waals surface area (Å²) in [5.74, 6) is 0. The van der Waals surface area contributed by atoms with Crippen LogP contribution in [-0.4, -0.2) is 16.1 Å². The number of anilines is 6. The van der Waals surface area contributed by atoms with Gasteiger partial charge in [-0.2, -0.15) is 5.26 Å². The van der Waals surface area contributed by atoms with Gasteiger partial charge < -0.3 is 9.80 Å². The molecule has 0 bridgehead atoms. The van der Waals surface area contributed by atoms with E-state index in [2.05, 4.69) is 195 Å². The summed E-state index contributed by atoms with van der Waals surface area (Å²) in [5, 5.41) is 19.8. The smallest absolute Gasteiger partial charge is 0.0991 e. The van der Waals surface area contributed by atoms with Gasteiger partial charge in [0, 0.05) is 33.5 Å². The Kier molecular flexibility index (Phi) is 8.25. The molecule has 0 N–H and O–H groups in total. The van der Waals surface area contributed by atoms with Crippen LogP contribution in [0.25, 0.3) is 32.3 Å². The summed E-state index contributed by atoms with van der Waals surface area (Å²) in [7, 11) is -2.94. The van der Waals surface area contributed by atoms with Crippen LogP contribution in [0.1, 0.15) is 5.56 Å². The molecule has 0 aliphatic rings. The van der Waals surface area contributed by atoms with Gasteiger partial charge in [0.2, 0.25) is 0 Å². The van der Waals surface area contributed by atoms with Gasteiger partial charge in [0.15, 0.2) is 0 Å². The lowest BCUT2D eigenvalue weighted by Crippen LogP contribution is -2.37. The van der Waals surface area contributed by atoms with Gasteiger partial charge in [-0.15, -0.1) is 0 Å². The van der Waals surface area contributed by atoms with E-state index in [0.717, 1.165) is 34.1 Å². The molecule has 0 spiro atoms. The van der Waals surface area contributed by atoms with Crippen molar-refractivity contribution in [2.24, 2.45) is 0 Å². The van der Waals surface area contributed by atoms with Crippen LogP contribution < -0.4 is 20.2 Å². The Hall–Kier alpha value is -5.68. The minimum absolute atomic E-state index is 0.652. The highest BCUT2D eigenvalue weighted by Crippen LogP contribution is 2.47. The molecule has 8 aromatic carbocycles. The fourth-order valence-corrected chi connectivity index (χ4v) is 9.83. The molecular weight excluding hydrogens is 663 g/mol. The molecule has 0 amide bonds. The van der Waals surface area contributed by atoms with Crippen LogP contribution in [0.5, 0.6) is 0 Å². The van der Waals surface area contributed by atoms with Gasteiger partial charge in [0.1, 0.15) is 0 Å². The van der Waals surface area contributed by atoms with E-state index in [-0.39, 0.29) is 0 Å². The molecule has 8 aromatic rings. The Labute approximate surface area is 309 Å². The molecule has 0 fully saturated rings. The molecule has 254 valence electrons. The number of benzene rings is 8. The van der Waals surface area contributed by atoms with Crippen molar-refractivity contribution in [3.8, 4) is 6.07 Å². The molecule has 0 heterocycles. The van der Waals surface area contributed by atoms with E-state index in [4.69, 9.17) is 0 Å². The van der Waals surface area contributed by atoms with E-state index < -0.39 is 16.1 Å². The topological polar surface area (TPSA) is 30.3 Å². The summed E-state index contributed by atoms with van der Waals surface area (Å²) < 4.78 is 0. The monoisotopic (exact) mass is 705 g/mol. The highest BCUT2D eigenvalue weighted by Gasteiger charge is 2.23. The Balaban J connectivity index is 1.36. The lowest BCUT2D eigenvalue weighted by atomic mass is 9.91. The van der Waals surface area contributed by atoms with Gasteiger partial charge >= 0.3 is 0 Å². The minimum Gasteiger partial charge on any atom is -0.310 e. The zero-order valence-corrected chi connectivity index (χ0v) is 32.8. The predicted octanol–water partition coefficient (Wildman–Crippen LogP) is 12.5. The lowest BCUT2D eigenvalue weighted by Gasteiger charge is -2.30. The molecule has 0 unspecified atom stereocenters. The number of hydrogen-bond donors (Lipinski definition) is 0. The van der Waals surface area contributed by atoms with E-state index in [1.165, 1.54) is 42.7 Å². The third-order valence-electron chi connectivity index (χ3n) is 10.4. The largest absolute Gasteiger partial charge is 0.310 e. The first-order valence-corrected chi connectivity index (χ1v) is 25.1. The molecular formula is C47H43N3Si2. The van der Waals surface area contributed by atoms with Gasteiger partial charge in [0.05, 0.1) is 39.2 Å². The van der Waals surface area contributed by atoms with Gasteiger partial charge in [-0.3, -0.25) is 0 Å². The first-order valence-electron chi connectivity index (χ1n) is 18.1. The first-order chi connectivity index (χ1) is 25.0. The Morgan fingerprint density at radius 3 is 1.15 bits per heavy atom. The molecule has 52 heavy (non-hydrogen) atoms. The third-order valence-corrected chi connectivity index (χ3v) is 14.5. The van der Waals surface area contributed by atoms with Gasteiger partial charge in [-0.25, -0.2) is 0 Å². The van der Waals surface area contributed by atoms with Crippen molar-refractivity contribution in [1.82, 2.24) is 0 Å². The fraction of sp³-hybridized carbons (Fsp3) is 0.128. The van der Waals surface area contributed by atoms with Crippen LogP contribution in [0.4, 0.5) is 34.1 Å². The molecule has 0 aromatic heterocycles. The van der Waals surface area contributed by atoms with E-state index in [1.54, 1.807) is 0 Å². The van der Waals surface area contributed by atoms with Crippen molar-refractivity contribution in [3.63, 3.8) is 0 Å². The minimum atomic E-state index is -1.48. The summed E-state index contributed by atoms with van der Waals surface area (Å²) >= 11 is 0. The molecule has 0 saturated carbocycles. The van der Waals surface area contributed by atoms with Crippen molar-refractivity contribution >= 4 is 93.0 Å². The second-order valence-electron chi connectivity index (χ2n) is 15.9. The average Bonchev–Trinajstić information content (AvgIpc) is 3.15. The normalized spacial score (nSPS) is 12.0. The Bertz CT molecular complexity index is 2580. The van der Waals surface area contributed by atoms with Crippen molar-refractivity contribution in [1.29, 1.82) is 5.26 Å². The average molecular weight is 706 g/mol. The highest BCUT2D eigenvalue weighted by molar-refractivity contribution is 6.89. The maximum Gasteiger partial charge on any atom is 0.0991 e. The molecule has 5 heteroatoms. The zero-order chi connectivity index (χ0) is 36.2. The fourth-order valence-electron chi connectivity index (χ4n) is 7.50. The SMILES string of the molecule is C[Si](C)(C)c1ccc(N(c2ccccc2)c2ccc3ccc4c(N(c5ccc(C#N)cc5)c5ccc([Si](C)(C)C)cc5)ccc5ccc2c3c54)cc1. The second kappa shape index (κ2) is 12.8. The number of rotatable bonds is 8. The third kappa shape index (κ3) is 5.94. The summed E-state index contributed by atoms with van der Waals surface area (Å²) in [6.07, 6.45) is 0. The zero-order valence-electron chi connectivity index (χ0n) is 30.8. The van der Waals surface area contributed by atoms with Crippen molar-refractivity contribution in [2.75, 3.05) is 9.80 Å². The van der Waals surface area contributed by atoms with Crippen molar-refractivity contribution < 1.29 is 0 Å². The Morgan fingerprint density at radius 1 is 0.404 bits per heavy atom. The van der Waals surface area contributed by atoms with Gasteiger partial charge in [-0.1, -0.05) is 129 Å². The highest BCUT2D eigenvalue weighted by atomic mass is 28.3. The first kappa shape index (κ1) is 33.5. The number of nitriles is 1. The van der Waals surface area contributed by atoms with Crippen LogP contribution in [-0.2, 0) is 0 Å². The summed E-state index contributed by atoms with van der Waals surface area (Å²) in [5.41, 5.74) is 7.32. The van der Waals surface area contributed by atoms with E-state index in [9.17, 15) is 5.26 Å². The maximum absolute atomic E-state index is 9.60. The number of hydrogen-bond acceptors (Lipinski definition) is 3. The van der Waals surface area contributed by atoms with Crippen LogP contribution >= 0.6 is 0 Å². The maximum atomic E-state index is 9.60. The molecule has 8 rings (SSSR count). The molecule has 3 nitrogen and oxygen atoms in total. The van der Waals surface area contributed by atoms with E-state index in [0.29, 0.717) is 5.56 Å². The Morgan fingerprint density at radius 2 is 0.769 bits per heavy atom. The molecule has 0 atom stereocenters.